The first-order valence-corrected chi connectivity index (χ1v) is 3.88. The van der Waals surface area contributed by atoms with Gasteiger partial charge in [0.2, 0.25) is 5.78 Å². The van der Waals surface area contributed by atoms with Gasteiger partial charge >= 0.3 is 6.09 Å². The number of nitrogens with one attached hydrogen (secondary N) is 1. The molecule has 1 amide bonds. The van der Waals surface area contributed by atoms with Crippen LogP contribution in [0.4, 0.5) is 4.79 Å². The number of amides is 1. The van der Waals surface area contributed by atoms with Crippen LogP contribution in [0, 0.1) is 17.8 Å². The predicted octanol–water partition coefficient (Wildman–Crippen LogP) is 0.873. The Morgan fingerprint density at radius 2 is 2.08 bits per heavy atom. The van der Waals surface area contributed by atoms with Gasteiger partial charge in [-0.1, -0.05) is 13.8 Å². The molecule has 4 heteroatoms. The van der Waals surface area contributed by atoms with Gasteiger partial charge in [0.25, 0.3) is 0 Å². The van der Waals surface area contributed by atoms with Crippen LogP contribution in [0.25, 0.3) is 0 Å². The minimum absolute atomic E-state index is 0.232. The fourth-order valence-electron chi connectivity index (χ4n) is 0.791. The van der Waals surface area contributed by atoms with E-state index in [-0.39, 0.29) is 12.3 Å². The van der Waals surface area contributed by atoms with E-state index in [4.69, 9.17) is 11.5 Å². The zero-order valence-electron chi connectivity index (χ0n) is 7.76. The molecule has 4 nitrogen and oxygen atoms in total. The van der Waals surface area contributed by atoms with Crippen LogP contribution < -0.4 is 5.32 Å². The van der Waals surface area contributed by atoms with Gasteiger partial charge in [-0.2, -0.15) is 0 Å². The molecule has 72 valence electrons. The molecule has 0 radical (unpaired) electrons. The van der Waals surface area contributed by atoms with E-state index in [1.165, 1.54) is 0 Å². The molecule has 13 heavy (non-hydrogen) atoms. The summed E-state index contributed by atoms with van der Waals surface area (Å²) in [4.78, 5) is 21.2. The molecule has 0 aliphatic carbocycles. The number of Topliss-reactive ketones (excluding diaryl/α,β-unsaturated/α-hetero) is 1. The van der Waals surface area contributed by atoms with Gasteiger partial charge in [-0.15, -0.1) is 6.42 Å². The van der Waals surface area contributed by atoms with Gasteiger partial charge in [-0.3, -0.25) is 4.79 Å². The van der Waals surface area contributed by atoms with Gasteiger partial charge in [0.1, 0.15) is 0 Å². The summed E-state index contributed by atoms with van der Waals surface area (Å²) in [6.45, 7) is 3.62. The number of hydrogen-bond donors (Lipinski definition) is 2. The third-order valence-electron chi connectivity index (χ3n) is 1.77. The van der Waals surface area contributed by atoms with Crippen LogP contribution in [0.15, 0.2) is 0 Å². The van der Waals surface area contributed by atoms with Crippen LogP contribution in [0.2, 0.25) is 0 Å². The van der Waals surface area contributed by atoms with Gasteiger partial charge in [0.15, 0.2) is 0 Å². The number of ketones is 1. The first kappa shape index (κ1) is 11.5. The van der Waals surface area contributed by atoms with Gasteiger partial charge in [0, 0.05) is 12.0 Å². The van der Waals surface area contributed by atoms with Gasteiger partial charge < -0.3 is 10.4 Å². The third-order valence-corrected chi connectivity index (χ3v) is 1.77. The largest absolute Gasteiger partial charge is 0.465 e. The van der Waals surface area contributed by atoms with E-state index in [0.717, 1.165) is 0 Å². The van der Waals surface area contributed by atoms with Gasteiger partial charge in [0.05, 0.1) is 0 Å². The molecule has 0 spiro atoms. The first-order valence-electron chi connectivity index (χ1n) is 3.88. The second-order valence-corrected chi connectivity index (χ2v) is 3.34. The Bertz CT molecular complexity index is 250. The van der Waals surface area contributed by atoms with Crippen molar-refractivity contribution in [2.24, 2.45) is 5.41 Å². The van der Waals surface area contributed by atoms with Crippen molar-refractivity contribution in [1.29, 1.82) is 0 Å². The topological polar surface area (TPSA) is 66.4 Å². The van der Waals surface area contributed by atoms with Crippen LogP contribution in [0.5, 0.6) is 0 Å². The minimum Gasteiger partial charge on any atom is -0.465 e. The van der Waals surface area contributed by atoms with Gasteiger partial charge in [-0.05, 0) is 12.3 Å². The van der Waals surface area contributed by atoms with Crippen molar-refractivity contribution in [2.45, 2.75) is 20.3 Å². The molecule has 0 aromatic rings. The summed E-state index contributed by atoms with van der Waals surface area (Å²) < 4.78 is 0. The lowest BCUT2D eigenvalue weighted by Gasteiger charge is -2.19. The minimum atomic E-state index is -1.09. The fourth-order valence-corrected chi connectivity index (χ4v) is 0.791. The molecule has 0 aromatic carbocycles. The maximum absolute atomic E-state index is 11.1. The van der Waals surface area contributed by atoms with Crippen molar-refractivity contribution in [3.05, 3.63) is 0 Å². The number of terminal acetylenes is 1. The quantitative estimate of drug-likeness (QED) is 0.502. The summed E-state index contributed by atoms with van der Waals surface area (Å²) >= 11 is 0. The van der Waals surface area contributed by atoms with Crippen molar-refractivity contribution in [3.8, 4) is 12.3 Å². The summed E-state index contributed by atoms with van der Waals surface area (Å²) in [5.41, 5.74) is -0.656. The first-order chi connectivity index (χ1) is 5.90. The highest BCUT2D eigenvalue weighted by Crippen LogP contribution is 2.20. The molecular weight excluding hydrogens is 170 g/mol. The molecule has 0 aliphatic heterocycles. The Kier molecular flexibility index (Phi) is 3.99. The Morgan fingerprint density at radius 1 is 1.54 bits per heavy atom. The second-order valence-electron chi connectivity index (χ2n) is 3.34. The Labute approximate surface area is 77.3 Å². The highest BCUT2D eigenvalue weighted by atomic mass is 16.4. The molecule has 0 atom stereocenters. The van der Waals surface area contributed by atoms with Crippen LogP contribution in [0.3, 0.4) is 0 Å². The van der Waals surface area contributed by atoms with Crippen molar-refractivity contribution < 1.29 is 14.7 Å². The van der Waals surface area contributed by atoms with E-state index < -0.39 is 11.5 Å². The van der Waals surface area contributed by atoms with E-state index in [2.05, 4.69) is 5.32 Å². The average molecular weight is 183 g/mol. The Hall–Kier alpha value is -1.50. The van der Waals surface area contributed by atoms with E-state index >= 15 is 0 Å². The average Bonchev–Trinajstić information content (AvgIpc) is 2.01. The second kappa shape index (κ2) is 4.51. The fraction of sp³-hybridized carbons (Fsp3) is 0.556. The molecule has 0 fully saturated rings. The van der Waals surface area contributed by atoms with Crippen LogP contribution in [-0.2, 0) is 4.79 Å². The third kappa shape index (κ3) is 4.16. The standard InChI is InChI=1S/C9H13NO3/c1-4-7(11)9(2,3)5-6-10-8(12)13/h1,10H,5-6H2,2-3H3,(H,12,13). The monoisotopic (exact) mass is 183 g/mol. The molecule has 0 unspecified atom stereocenters. The van der Waals surface area contributed by atoms with Crippen LogP contribution in [0.1, 0.15) is 20.3 Å². The number of carbonyl (C=O) groups excluding carboxylic acids is 1. The molecule has 0 saturated carbocycles. The zero-order chi connectivity index (χ0) is 10.5. The number of hydrogen-bond acceptors (Lipinski definition) is 2. The van der Waals surface area contributed by atoms with Crippen molar-refractivity contribution in [2.75, 3.05) is 6.54 Å². The van der Waals surface area contributed by atoms with E-state index in [1.807, 2.05) is 5.92 Å². The molecule has 0 rings (SSSR count). The van der Waals surface area contributed by atoms with Crippen molar-refractivity contribution in [3.63, 3.8) is 0 Å². The highest BCUT2D eigenvalue weighted by Gasteiger charge is 2.25. The zero-order valence-corrected chi connectivity index (χ0v) is 7.76. The highest BCUT2D eigenvalue weighted by molar-refractivity contribution is 5.99. The number of rotatable bonds is 4. The van der Waals surface area contributed by atoms with E-state index in [9.17, 15) is 9.59 Å². The molecule has 0 saturated heterocycles. The molecule has 0 aromatic heterocycles. The van der Waals surface area contributed by atoms with Crippen LogP contribution in [-0.4, -0.2) is 23.5 Å². The summed E-state index contributed by atoms with van der Waals surface area (Å²) in [6, 6.07) is 0. The van der Waals surface area contributed by atoms with Gasteiger partial charge in [-0.25, -0.2) is 4.79 Å². The van der Waals surface area contributed by atoms with E-state index in [0.29, 0.717) is 6.42 Å². The molecule has 0 aliphatic rings. The molecule has 0 heterocycles. The maximum atomic E-state index is 11.1. The number of carboxylic acid groups (broad SMARTS) is 1. The SMILES string of the molecule is C#CC(=O)C(C)(C)CCNC(=O)O. The molecular formula is C9H13NO3. The van der Waals surface area contributed by atoms with Crippen molar-refractivity contribution in [1.82, 2.24) is 5.32 Å². The smallest absolute Gasteiger partial charge is 0.404 e. The summed E-state index contributed by atoms with van der Waals surface area (Å²) in [7, 11) is 0. The predicted molar refractivity (Wildman–Crippen MR) is 48.3 cm³/mol. The van der Waals surface area contributed by atoms with E-state index in [1.54, 1.807) is 13.8 Å². The normalized spacial score (nSPS) is 10.2. The lowest BCUT2D eigenvalue weighted by atomic mass is 9.85. The Balaban J connectivity index is 3.98. The number of carbonyl (C=O) groups is 2. The Morgan fingerprint density at radius 3 is 2.46 bits per heavy atom. The van der Waals surface area contributed by atoms with Crippen molar-refractivity contribution >= 4 is 11.9 Å². The summed E-state index contributed by atoms with van der Waals surface area (Å²) in [5.74, 6) is 1.72. The summed E-state index contributed by atoms with van der Waals surface area (Å²) in [5, 5.41) is 10.4. The lowest BCUT2D eigenvalue weighted by Crippen LogP contribution is -2.30. The lowest BCUT2D eigenvalue weighted by molar-refractivity contribution is -0.121. The van der Waals surface area contributed by atoms with Crippen LogP contribution >= 0.6 is 0 Å². The maximum Gasteiger partial charge on any atom is 0.404 e. The molecule has 0 bridgehead atoms. The summed E-state index contributed by atoms with van der Waals surface area (Å²) in [6.07, 6.45) is 4.26. The molecule has 2 N–H and O–H groups in total.